The number of carbonyl (C=O) groups excluding carboxylic acids is 1. The highest BCUT2D eigenvalue weighted by molar-refractivity contribution is 6.19. The van der Waals surface area contributed by atoms with Crippen molar-refractivity contribution in [2.45, 2.75) is 18.5 Å². The summed E-state index contributed by atoms with van der Waals surface area (Å²) in [4.78, 5) is 21.7. The first-order chi connectivity index (χ1) is 6.52. The molecule has 0 fully saturated rings. The van der Waals surface area contributed by atoms with Gasteiger partial charge in [-0.2, -0.15) is 0 Å². The fraction of sp³-hybridized carbons (Fsp3) is 0.500. The lowest BCUT2D eigenvalue weighted by molar-refractivity contribution is -0.141. The number of hydrogen-bond donors (Lipinski definition) is 3. The van der Waals surface area contributed by atoms with Crippen LogP contribution in [0.2, 0.25) is 0 Å². The molecular formula is C8H11ClN2O3. The first kappa shape index (κ1) is 12.8. The number of carboxylic acids is 1. The van der Waals surface area contributed by atoms with Gasteiger partial charge in [-0.15, -0.1) is 23.9 Å². The number of nitrogens with two attached hydrogens (primary N) is 1. The van der Waals surface area contributed by atoms with Gasteiger partial charge in [0, 0.05) is 12.3 Å². The number of hydrogen-bond acceptors (Lipinski definition) is 3. The Kier molecular flexibility index (Phi) is 5.68. The highest BCUT2D eigenvalue weighted by Gasteiger charge is 2.21. The predicted molar refractivity (Wildman–Crippen MR) is 51.7 cm³/mol. The van der Waals surface area contributed by atoms with Crippen molar-refractivity contribution < 1.29 is 14.7 Å². The fourth-order valence-electron chi connectivity index (χ4n) is 0.667. The molecule has 0 saturated carbocycles. The van der Waals surface area contributed by atoms with Crippen LogP contribution in [0.4, 0.5) is 0 Å². The Bertz CT molecular complexity index is 262. The highest BCUT2D eigenvalue weighted by atomic mass is 35.5. The monoisotopic (exact) mass is 218 g/mol. The maximum Gasteiger partial charge on any atom is 0.327 e. The van der Waals surface area contributed by atoms with E-state index in [0.717, 1.165) is 0 Å². The van der Waals surface area contributed by atoms with Crippen LogP contribution in [0.1, 0.15) is 6.42 Å². The summed E-state index contributed by atoms with van der Waals surface area (Å²) in [5.74, 6) is 0.248. The number of halogens is 1. The number of aliphatic carboxylic acids is 1. The first-order valence-corrected chi connectivity index (χ1v) is 4.34. The fourth-order valence-corrected chi connectivity index (χ4v) is 0.807. The molecule has 0 saturated heterocycles. The molecule has 78 valence electrons. The van der Waals surface area contributed by atoms with E-state index in [1.54, 1.807) is 0 Å². The Morgan fingerprint density at radius 1 is 1.64 bits per heavy atom. The van der Waals surface area contributed by atoms with Gasteiger partial charge in [0.15, 0.2) is 0 Å². The predicted octanol–water partition coefficient (Wildman–Crippen LogP) is -0.855. The van der Waals surface area contributed by atoms with Gasteiger partial charge in [0.1, 0.15) is 6.04 Å². The summed E-state index contributed by atoms with van der Waals surface area (Å²) in [5.41, 5.74) is 5.27. The van der Waals surface area contributed by atoms with Gasteiger partial charge < -0.3 is 16.2 Å². The highest BCUT2D eigenvalue weighted by Crippen LogP contribution is 1.93. The third-order valence-corrected chi connectivity index (χ3v) is 1.77. The average Bonchev–Trinajstić information content (AvgIpc) is 2.15. The molecule has 2 atom stereocenters. The van der Waals surface area contributed by atoms with E-state index in [9.17, 15) is 9.59 Å². The molecule has 0 heterocycles. The van der Waals surface area contributed by atoms with Crippen molar-refractivity contribution in [3.63, 3.8) is 0 Å². The van der Waals surface area contributed by atoms with Crippen molar-refractivity contribution in [1.82, 2.24) is 5.32 Å². The van der Waals surface area contributed by atoms with Crippen LogP contribution < -0.4 is 11.1 Å². The molecule has 0 aromatic rings. The molecule has 0 rings (SSSR count). The first-order valence-electron chi connectivity index (χ1n) is 3.81. The summed E-state index contributed by atoms with van der Waals surface area (Å²) in [6.07, 6.45) is 4.84. The third kappa shape index (κ3) is 4.12. The number of carboxylic acid groups (broad SMARTS) is 1. The Hall–Kier alpha value is -1.25. The van der Waals surface area contributed by atoms with Crippen molar-refractivity contribution >= 4 is 23.5 Å². The summed E-state index contributed by atoms with van der Waals surface area (Å²) in [7, 11) is 0. The lowest BCUT2D eigenvalue weighted by Crippen LogP contribution is -2.49. The summed E-state index contributed by atoms with van der Waals surface area (Å²) in [6, 6.07) is -2.03. The number of terminal acetylenes is 1. The van der Waals surface area contributed by atoms with Crippen molar-refractivity contribution in [3.8, 4) is 12.3 Å². The topological polar surface area (TPSA) is 92.4 Å². The van der Waals surface area contributed by atoms with E-state index in [4.69, 9.17) is 28.9 Å². The molecule has 6 heteroatoms. The lowest BCUT2D eigenvalue weighted by Gasteiger charge is -2.14. The Labute approximate surface area is 86.6 Å². The summed E-state index contributed by atoms with van der Waals surface area (Å²) >= 11 is 5.31. The third-order valence-electron chi connectivity index (χ3n) is 1.44. The maximum absolute atomic E-state index is 11.1. The van der Waals surface area contributed by atoms with Gasteiger partial charge >= 0.3 is 5.97 Å². The van der Waals surface area contributed by atoms with E-state index in [-0.39, 0.29) is 12.3 Å². The lowest BCUT2D eigenvalue weighted by atomic mass is 10.2. The quantitative estimate of drug-likeness (QED) is 0.414. The second-order valence-electron chi connectivity index (χ2n) is 2.57. The van der Waals surface area contributed by atoms with Gasteiger partial charge in [-0.3, -0.25) is 4.79 Å². The van der Waals surface area contributed by atoms with Crippen LogP contribution in [0.25, 0.3) is 0 Å². The Morgan fingerprint density at radius 2 is 2.21 bits per heavy atom. The molecular weight excluding hydrogens is 208 g/mol. The van der Waals surface area contributed by atoms with Crippen molar-refractivity contribution in [1.29, 1.82) is 0 Å². The number of amides is 1. The molecule has 0 unspecified atom stereocenters. The van der Waals surface area contributed by atoms with E-state index in [1.807, 2.05) is 0 Å². The van der Waals surface area contributed by atoms with Crippen LogP contribution in [0.3, 0.4) is 0 Å². The Balaban J connectivity index is 4.24. The number of rotatable bonds is 5. The van der Waals surface area contributed by atoms with Crippen LogP contribution in [-0.2, 0) is 9.59 Å². The zero-order valence-electron chi connectivity index (χ0n) is 7.37. The normalized spacial score (nSPS) is 13.8. The van der Waals surface area contributed by atoms with E-state index >= 15 is 0 Å². The summed E-state index contributed by atoms with van der Waals surface area (Å²) in [5, 5.41) is 10.8. The average molecular weight is 219 g/mol. The van der Waals surface area contributed by atoms with Crippen LogP contribution >= 0.6 is 11.6 Å². The second kappa shape index (κ2) is 6.24. The van der Waals surface area contributed by atoms with Gasteiger partial charge in [0.25, 0.3) is 0 Å². The van der Waals surface area contributed by atoms with Crippen LogP contribution in [0, 0.1) is 12.3 Å². The van der Waals surface area contributed by atoms with Gasteiger partial charge in [0.05, 0.1) is 6.04 Å². The minimum Gasteiger partial charge on any atom is -0.480 e. The molecule has 0 radical (unpaired) electrons. The molecule has 0 aliphatic rings. The molecule has 0 spiro atoms. The van der Waals surface area contributed by atoms with Gasteiger partial charge in [-0.05, 0) is 0 Å². The molecule has 4 N–H and O–H groups in total. The van der Waals surface area contributed by atoms with Crippen molar-refractivity contribution in [3.05, 3.63) is 0 Å². The SMILES string of the molecule is C#CC[C@H](NC(=O)[C@@H](N)CCl)C(=O)O. The molecule has 5 nitrogen and oxygen atoms in total. The van der Waals surface area contributed by atoms with Crippen LogP contribution in [-0.4, -0.2) is 34.9 Å². The molecule has 0 aromatic carbocycles. The van der Waals surface area contributed by atoms with Crippen molar-refractivity contribution in [2.24, 2.45) is 5.73 Å². The molecule has 0 bridgehead atoms. The standard InChI is InChI=1S/C8H11ClN2O3/c1-2-3-6(8(13)14)11-7(12)5(10)4-9/h1,5-6H,3-4,10H2,(H,11,12)(H,13,14)/t5-,6-/m0/s1. The van der Waals surface area contributed by atoms with E-state index in [2.05, 4.69) is 11.2 Å². The second-order valence-corrected chi connectivity index (χ2v) is 2.88. The zero-order chi connectivity index (χ0) is 11.1. The largest absolute Gasteiger partial charge is 0.480 e. The summed E-state index contributed by atoms with van der Waals surface area (Å²) < 4.78 is 0. The minimum absolute atomic E-state index is 0.0752. The number of carbonyl (C=O) groups is 2. The van der Waals surface area contributed by atoms with Gasteiger partial charge in [-0.1, -0.05) is 0 Å². The smallest absolute Gasteiger partial charge is 0.327 e. The number of nitrogens with one attached hydrogen (secondary N) is 1. The van der Waals surface area contributed by atoms with Crippen molar-refractivity contribution in [2.75, 3.05) is 5.88 Å². The molecule has 0 aliphatic carbocycles. The molecule has 14 heavy (non-hydrogen) atoms. The summed E-state index contributed by atoms with van der Waals surface area (Å²) in [6.45, 7) is 0. The Morgan fingerprint density at radius 3 is 2.57 bits per heavy atom. The minimum atomic E-state index is -1.20. The van der Waals surface area contributed by atoms with E-state index in [1.165, 1.54) is 0 Å². The van der Waals surface area contributed by atoms with Gasteiger partial charge in [0.2, 0.25) is 5.91 Å². The van der Waals surface area contributed by atoms with Gasteiger partial charge in [-0.25, -0.2) is 4.79 Å². The zero-order valence-corrected chi connectivity index (χ0v) is 8.12. The van der Waals surface area contributed by atoms with E-state index < -0.39 is 24.0 Å². The number of alkyl halides is 1. The van der Waals surface area contributed by atoms with E-state index in [0.29, 0.717) is 0 Å². The molecule has 0 aromatic heterocycles. The maximum atomic E-state index is 11.1. The molecule has 0 aliphatic heterocycles. The molecule has 1 amide bonds. The van der Waals surface area contributed by atoms with Crippen LogP contribution in [0.5, 0.6) is 0 Å². The van der Waals surface area contributed by atoms with Crippen LogP contribution in [0.15, 0.2) is 0 Å².